The molecule has 5 nitrogen and oxygen atoms in total. The molecule has 2 aromatic carbocycles. The van der Waals surface area contributed by atoms with Crippen LogP contribution in [0.4, 0.5) is 15.8 Å². The Morgan fingerprint density at radius 3 is 2.48 bits per heavy atom. The second kappa shape index (κ2) is 7.11. The quantitative estimate of drug-likeness (QED) is 0.529. The van der Waals surface area contributed by atoms with Gasteiger partial charge in [-0.25, -0.2) is 13.6 Å². The third-order valence-corrected chi connectivity index (χ3v) is 3.52. The van der Waals surface area contributed by atoms with Crippen molar-refractivity contribution in [2.45, 2.75) is 6.42 Å². The van der Waals surface area contributed by atoms with E-state index in [-0.39, 0.29) is 17.8 Å². The maximum atomic E-state index is 13.3. The fourth-order valence-electron chi connectivity index (χ4n) is 1.94. The van der Waals surface area contributed by atoms with Crippen LogP contribution in [-0.2, 0) is 16.0 Å². The summed E-state index contributed by atoms with van der Waals surface area (Å²) in [5, 5.41) is 0. The third kappa shape index (κ3) is 3.98. The van der Waals surface area contributed by atoms with Crippen LogP contribution in [0.25, 0.3) is 0 Å². The van der Waals surface area contributed by atoms with Gasteiger partial charge in [0.15, 0.2) is 0 Å². The number of benzene rings is 2. The zero-order valence-corrected chi connectivity index (χ0v) is 13.0. The van der Waals surface area contributed by atoms with Crippen molar-refractivity contribution < 1.29 is 18.7 Å². The van der Waals surface area contributed by atoms with Gasteiger partial charge in [-0.1, -0.05) is 12.1 Å². The molecule has 2 N–H and O–H groups in total. The van der Waals surface area contributed by atoms with Crippen LogP contribution in [0, 0.1) is 5.82 Å². The fourth-order valence-corrected chi connectivity index (χ4v) is 2.15. The van der Waals surface area contributed by atoms with Crippen molar-refractivity contribution in [1.82, 2.24) is 0 Å². The molecule has 23 heavy (non-hydrogen) atoms. The van der Waals surface area contributed by atoms with Gasteiger partial charge >= 0.3 is 5.97 Å². The smallest absolute Gasteiger partial charge is 0.337 e. The number of amides is 1. The molecule has 2 aromatic rings. The summed E-state index contributed by atoms with van der Waals surface area (Å²) in [5.41, 5.74) is 6.99. The van der Waals surface area contributed by atoms with E-state index in [1.165, 1.54) is 19.2 Å². The lowest BCUT2D eigenvalue weighted by Crippen LogP contribution is -2.23. The zero-order valence-electron chi connectivity index (χ0n) is 12.3. The second-order valence-electron chi connectivity index (χ2n) is 4.74. The minimum Gasteiger partial charge on any atom is -0.465 e. The van der Waals surface area contributed by atoms with Crippen molar-refractivity contribution >= 4 is 35.0 Å². The molecular formula is C16H14ClFN2O3. The lowest BCUT2D eigenvalue weighted by atomic mass is 10.1. The predicted molar refractivity (Wildman–Crippen MR) is 85.6 cm³/mol. The molecule has 0 saturated heterocycles. The minimum atomic E-state index is -0.546. The Morgan fingerprint density at radius 2 is 1.87 bits per heavy atom. The van der Waals surface area contributed by atoms with Crippen molar-refractivity contribution in [3.05, 3.63) is 59.4 Å². The average molecular weight is 337 g/mol. The van der Waals surface area contributed by atoms with Crippen molar-refractivity contribution in [3.8, 4) is 0 Å². The Balaban J connectivity index is 2.12. The monoisotopic (exact) mass is 336 g/mol. The number of halogens is 2. The van der Waals surface area contributed by atoms with E-state index < -0.39 is 17.7 Å². The first-order valence-corrected chi connectivity index (χ1v) is 6.97. The lowest BCUT2D eigenvalue weighted by Gasteiger charge is -2.16. The Kier molecular flexibility index (Phi) is 5.18. The Labute approximate surface area is 137 Å². The topological polar surface area (TPSA) is 72.6 Å². The number of carbonyl (C=O) groups excluding carboxylic acids is 2. The van der Waals surface area contributed by atoms with Crippen molar-refractivity contribution in [2.24, 2.45) is 0 Å². The predicted octanol–water partition coefficient (Wildman–Crippen LogP) is 2.92. The van der Waals surface area contributed by atoms with Gasteiger partial charge in [-0.2, -0.15) is 0 Å². The Hall–Kier alpha value is -2.60. The summed E-state index contributed by atoms with van der Waals surface area (Å²) in [5.74, 6) is -1.49. The van der Waals surface area contributed by atoms with Gasteiger partial charge in [0, 0.05) is 17.8 Å². The average Bonchev–Trinajstić information content (AvgIpc) is 2.56. The summed E-state index contributed by atoms with van der Waals surface area (Å²) < 4.78 is 18.6. The van der Waals surface area contributed by atoms with Crippen molar-refractivity contribution in [1.29, 1.82) is 0 Å². The summed E-state index contributed by atoms with van der Waals surface area (Å²) in [7, 11) is 1.29. The maximum absolute atomic E-state index is 13.3. The normalized spacial score (nSPS) is 10.2. The van der Waals surface area contributed by atoms with Gasteiger partial charge in [0.2, 0.25) is 5.91 Å². The molecule has 0 radical (unpaired) electrons. The zero-order chi connectivity index (χ0) is 17.0. The van der Waals surface area contributed by atoms with Crippen LogP contribution >= 0.6 is 11.8 Å². The van der Waals surface area contributed by atoms with Gasteiger partial charge in [0.05, 0.1) is 30.5 Å². The first-order chi connectivity index (χ1) is 10.9. The molecule has 0 fully saturated rings. The fraction of sp³-hybridized carbons (Fsp3) is 0.125. The number of nitrogen functional groups attached to an aromatic ring is 1. The largest absolute Gasteiger partial charge is 0.465 e. The van der Waals surface area contributed by atoms with Crippen LogP contribution in [0.2, 0.25) is 0 Å². The third-order valence-electron chi connectivity index (χ3n) is 3.15. The molecule has 120 valence electrons. The lowest BCUT2D eigenvalue weighted by molar-refractivity contribution is -0.116. The molecule has 1 amide bonds. The minimum absolute atomic E-state index is 0.0269. The standard InChI is InChI=1S/C16H14ClFN2O3/c1-23-16(22)11-4-2-10(3-5-11)8-15(21)20(17)14-9-12(18)6-7-13(14)19/h2-7,9H,8,19H2,1H3. The van der Waals surface area contributed by atoms with Crippen LogP contribution in [0.15, 0.2) is 42.5 Å². The molecule has 2 rings (SSSR count). The van der Waals surface area contributed by atoms with E-state index in [0.29, 0.717) is 11.1 Å². The molecule has 0 aliphatic rings. The number of nitrogens with zero attached hydrogens (tertiary/aromatic N) is 1. The van der Waals surface area contributed by atoms with E-state index >= 15 is 0 Å². The van der Waals surface area contributed by atoms with Crippen molar-refractivity contribution in [3.63, 3.8) is 0 Å². The summed E-state index contributed by atoms with van der Waals surface area (Å²) in [6.07, 6.45) is -0.0269. The number of anilines is 2. The number of esters is 1. The summed E-state index contributed by atoms with van der Waals surface area (Å²) in [6.45, 7) is 0. The van der Waals surface area contributed by atoms with Crippen LogP contribution in [0.1, 0.15) is 15.9 Å². The van der Waals surface area contributed by atoms with Gasteiger partial charge in [-0.15, -0.1) is 0 Å². The van der Waals surface area contributed by atoms with E-state index in [1.807, 2.05) is 0 Å². The molecule has 0 heterocycles. The van der Waals surface area contributed by atoms with Gasteiger partial charge in [0.1, 0.15) is 5.82 Å². The van der Waals surface area contributed by atoms with Crippen LogP contribution in [0.5, 0.6) is 0 Å². The molecule has 0 spiro atoms. The highest BCUT2D eigenvalue weighted by Crippen LogP contribution is 2.26. The number of hydrogen-bond acceptors (Lipinski definition) is 4. The number of hydrogen-bond donors (Lipinski definition) is 1. The molecule has 0 aliphatic heterocycles. The first-order valence-electron chi connectivity index (χ1n) is 6.63. The molecule has 7 heteroatoms. The molecule has 0 unspecified atom stereocenters. The van der Waals surface area contributed by atoms with Crippen molar-refractivity contribution in [2.75, 3.05) is 17.3 Å². The summed E-state index contributed by atoms with van der Waals surface area (Å²) in [6, 6.07) is 9.92. The van der Waals surface area contributed by atoms with E-state index in [0.717, 1.165) is 10.5 Å². The molecular weight excluding hydrogens is 323 g/mol. The van der Waals surface area contributed by atoms with Crippen LogP contribution < -0.4 is 10.2 Å². The van der Waals surface area contributed by atoms with Crippen LogP contribution in [-0.4, -0.2) is 19.0 Å². The SMILES string of the molecule is COC(=O)c1ccc(CC(=O)N(Cl)c2cc(F)ccc2N)cc1. The van der Waals surface area contributed by atoms with Gasteiger partial charge < -0.3 is 10.5 Å². The summed E-state index contributed by atoms with van der Waals surface area (Å²) in [4.78, 5) is 23.5. The number of ether oxygens (including phenoxy) is 1. The highest BCUT2D eigenvalue weighted by molar-refractivity contribution is 6.37. The maximum Gasteiger partial charge on any atom is 0.337 e. The highest BCUT2D eigenvalue weighted by Gasteiger charge is 2.17. The molecule has 0 saturated carbocycles. The van der Waals surface area contributed by atoms with Crippen LogP contribution in [0.3, 0.4) is 0 Å². The molecule has 0 aliphatic carbocycles. The Bertz CT molecular complexity index is 735. The van der Waals surface area contributed by atoms with E-state index in [2.05, 4.69) is 4.74 Å². The van der Waals surface area contributed by atoms with Gasteiger partial charge in [-0.05, 0) is 29.8 Å². The number of methoxy groups -OCH3 is 1. The van der Waals surface area contributed by atoms with E-state index in [1.54, 1.807) is 24.3 Å². The first kappa shape index (κ1) is 16.8. The van der Waals surface area contributed by atoms with E-state index in [9.17, 15) is 14.0 Å². The molecule has 0 atom stereocenters. The molecule has 0 aromatic heterocycles. The Morgan fingerprint density at radius 1 is 1.22 bits per heavy atom. The second-order valence-corrected chi connectivity index (χ2v) is 5.08. The number of nitrogens with two attached hydrogens (primary N) is 1. The summed E-state index contributed by atoms with van der Waals surface area (Å²) >= 11 is 5.95. The number of carbonyl (C=O) groups is 2. The molecule has 0 bridgehead atoms. The van der Waals surface area contributed by atoms with E-state index in [4.69, 9.17) is 17.5 Å². The van der Waals surface area contributed by atoms with Gasteiger partial charge in [0.25, 0.3) is 0 Å². The van der Waals surface area contributed by atoms with Gasteiger partial charge in [-0.3, -0.25) is 4.79 Å². The number of rotatable bonds is 4. The highest BCUT2D eigenvalue weighted by atomic mass is 35.5.